The number of hydrogen-bond acceptors (Lipinski definition) is 3. The molecule has 0 saturated carbocycles. The Morgan fingerprint density at radius 2 is 2.10 bits per heavy atom. The minimum atomic E-state index is -0.237. The predicted octanol–water partition coefficient (Wildman–Crippen LogP) is 3.25. The maximum absolute atomic E-state index is 12.0. The van der Waals surface area contributed by atoms with Crippen molar-refractivity contribution in [2.24, 2.45) is 0 Å². The van der Waals surface area contributed by atoms with Crippen LogP contribution >= 0.6 is 11.6 Å². The van der Waals surface area contributed by atoms with Crippen LogP contribution < -0.4 is 5.32 Å². The minimum absolute atomic E-state index is 0.237. The molecule has 0 spiro atoms. The van der Waals surface area contributed by atoms with Crippen LogP contribution in [-0.4, -0.2) is 16.1 Å². The van der Waals surface area contributed by atoms with E-state index in [0.717, 1.165) is 5.56 Å². The van der Waals surface area contributed by atoms with Crippen molar-refractivity contribution < 1.29 is 9.21 Å². The van der Waals surface area contributed by atoms with Gasteiger partial charge in [0.25, 0.3) is 5.91 Å². The highest BCUT2D eigenvalue weighted by atomic mass is 35.5. The van der Waals surface area contributed by atoms with E-state index in [1.54, 1.807) is 36.6 Å². The number of nitrogens with zero attached hydrogens (tertiary/aromatic N) is 1. The number of carbonyl (C=O) groups excluding carboxylic acids is 1. The fourth-order valence-corrected chi connectivity index (χ4v) is 2.01. The van der Waals surface area contributed by atoms with E-state index in [4.69, 9.17) is 16.0 Å². The maximum Gasteiger partial charge on any atom is 0.269 e. The molecule has 0 fully saturated rings. The zero-order valence-electron chi connectivity index (χ0n) is 11.0. The largest absolute Gasteiger partial charge is 0.467 e. The van der Waals surface area contributed by atoms with E-state index in [9.17, 15) is 4.79 Å². The van der Waals surface area contributed by atoms with Crippen molar-refractivity contribution in [2.75, 3.05) is 0 Å². The first-order valence-electron chi connectivity index (χ1n) is 6.34. The standard InChI is InChI=1S/C15H12ClN3O2/c16-11-5-3-10(4-6-11)13-8-14(19-18-13)15(20)17-9-12-2-1-7-21-12/h1-8H,9H2,(H,17,20)(H,18,19). The topological polar surface area (TPSA) is 70.9 Å². The molecule has 2 heterocycles. The quantitative estimate of drug-likeness (QED) is 0.777. The fraction of sp³-hybridized carbons (Fsp3) is 0.0667. The van der Waals surface area contributed by atoms with Crippen LogP contribution in [-0.2, 0) is 6.54 Å². The molecule has 3 rings (SSSR count). The van der Waals surface area contributed by atoms with Gasteiger partial charge in [0, 0.05) is 10.6 Å². The SMILES string of the molecule is O=C(NCc1ccco1)c1cc(-c2ccc(Cl)cc2)n[nH]1. The lowest BCUT2D eigenvalue weighted by Crippen LogP contribution is -2.22. The number of halogens is 1. The number of aromatic amines is 1. The highest BCUT2D eigenvalue weighted by Gasteiger charge is 2.11. The Kier molecular flexibility index (Phi) is 3.75. The van der Waals surface area contributed by atoms with Crippen molar-refractivity contribution in [3.63, 3.8) is 0 Å². The van der Waals surface area contributed by atoms with Crippen molar-refractivity contribution in [1.82, 2.24) is 15.5 Å². The Labute approximate surface area is 125 Å². The third-order valence-electron chi connectivity index (χ3n) is 2.97. The van der Waals surface area contributed by atoms with E-state index in [1.807, 2.05) is 12.1 Å². The maximum atomic E-state index is 12.0. The molecule has 3 aromatic rings. The molecule has 5 nitrogen and oxygen atoms in total. The lowest BCUT2D eigenvalue weighted by Gasteiger charge is -1.99. The van der Waals surface area contributed by atoms with Gasteiger partial charge in [-0.3, -0.25) is 9.89 Å². The Morgan fingerprint density at radius 3 is 2.81 bits per heavy atom. The van der Waals surface area contributed by atoms with E-state index >= 15 is 0 Å². The second-order valence-corrected chi connectivity index (χ2v) is 4.87. The van der Waals surface area contributed by atoms with Gasteiger partial charge in [0.1, 0.15) is 11.5 Å². The molecule has 21 heavy (non-hydrogen) atoms. The molecule has 1 aromatic carbocycles. The first-order chi connectivity index (χ1) is 10.2. The van der Waals surface area contributed by atoms with Crippen molar-refractivity contribution in [3.8, 4) is 11.3 Å². The molecule has 106 valence electrons. The molecule has 0 saturated heterocycles. The van der Waals surface area contributed by atoms with Gasteiger partial charge in [-0.15, -0.1) is 0 Å². The second-order valence-electron chi connectivity index (χ2n) is 4.44. The zero-order chi connectivity index (χ0) is 14.7. The van der Waals surface area contributed by atoms with E-state index in [1.165, 1.54) is 0 Å². The Morgan fingerprint density at radius 1 is 1.29 bits per heavy atom. The summed E-state index contributed by atoms with van der Waals surface area (Å²) in [5.41, 5.74) is 1.97. The fourth-order valence-electron chi connectivity index (χ4n) is 1.88. The van der Waals surface area contributed by atoms with Gasteiger partial charge in [-0.2, -0.15) is 5.10 Å². The molecule has 0 aliphatic heterocycles. The molecule has 6 heteroatoms. The van der Waals surface area contributed by atoms with Crippen LogP contribution in [0.1, 0.15) is 16.2 Å². The molecule has 0 bridgehead atoms. The van der Waals surface area contributed by atoms with Gasteiger partial charge in [0.2, 0.25) is 0 Å². The summed E-state index contributed by atoms with van der Waals surface area (Å²) in [5.74, 6) is 0.458. The van der Waals surface area contributed by atoms with Crippen LogP contribution in [0.5, 0.6) is 0 Å². The van der Waals surface area contributed by atoms with Crippen LogP contribution in [0.3, 0.4) is 0 Å². The normalized spacial score (nSPS) is 10.5. The second kappa shape index (κ2) is 5.85. The number of hydrogen-bond donors (Lipinski definition) is 2. The smallest absolute Gasteiger partial charge is 0.269 e. The molecular formula is C15H12ClN3O2. The van der Waals surface area contributed by atoms with Crippen LogP contribution in [0.4, 0.5) is 0 Å². The number of amides is 1. The van der Waals surface area contributed by atoms with Gasteiger partial charge in [-0.25, -0.2) is 0 Å². The zero-order valence-corrected chi connectivity index (χ0v) is 11.7. The van der Waals surface area contributed by atoms with E-state index in [-0.39, 0.29) is 5.91 Å². The number of H-pyrrole nitrogens is 1. The molecule has 0 aliphatic carbocycles. The number of furan rings is 1. The Hall–Kier alpha value is -2.53. The summed E-state index contributed by atoms with van der Waals surface area (Å²) < 4.78 is 5.15. The molecule has 0 unspecified atom stereocenters. The predicted molar refractivity (Wildman–Crippen MR) is 78.9 cm³/mol. The summed E-state index contributed by atoms with van der Waals surface area (Å²) in [7, 11) is 0. The van der Waals surface area contributed by atoms with Crippen molar-refractivity contribution in [3.05, 3.63) is 65.2 Å². The van der Waals surface area contributed by atoms with E-state index in [0.29, 0.717) is 28.7 Å². The Bertz CT molecular complexity index is 733. The third-order valence-corrected chi connectivity index (χ3v) is 3.22. The lowest BCUT2D eigenvalue weighted by atomic mass is 10.1. The Balaban J connectivity index is 1.69. The average molecular weight is 302 g/mol. The van der Waals surface area contributed by atoms with Gasteiger partial charge in [-0.05, 0) is 30.3 Å². The van der Waals surface area contributed by atoms with Crippen LogP contribution in [0, 0.1) is 0 Å². The summed E-state index contributed by atoms with van der Waals surface area (Å²) in [6.45, 7) is 0.334. The minimum Gasteiger partial charge on any atom is -0.467 e. The number of carbonyl (C=O) groups is 1. The molecule has 2 aromatic heterocycles. The number of benzene rings is 1. The molecule has 0 atom stereocenters. The summed E-state index contributed by atoms with van der Waals surface area (Å²) in [4.78, 5) is 12.0. The highest BCUT2D eigenvalue weighted by molar-refractivity contribution is 6.30. The van der Waals surface area contributed by atoms with Gasteiger partial charge < -0.3 is 9.73 Å². The summed E-state index contributed by atoms with van der Waals surface area (Å²) in [6, 6.07) is 12.5. The molecule has 1 amide bonds. The van der Waals surface area contributed by atoms with Crippen molar-refractivity contribution >= 4 is 17.5 Å². The van der Waals surface area contributed by atoms with Crippen LogP contribution in [0.15, 0.2) is 53.1 Å². The summed E-state index contributed by atoms with van der Waals surface area (Å²) in [6.07, 6.45) is 1.57. The first-order valence-corrected chi connectivity index (χ1v) is 6.72. The monoisotopic (exact) mass is 301 g/mol. The molecular weight excluding hydrogens is 290 g/mol. The van der Waals surface area contributed by atoms with Gasteiger partial charge >= 0.3 is 0 Å². The van der Waals surface area contributed by atoms with E-state index < -0.39 is 0 Å². The molecule has 2 N–H and O–H groups in total. The summed E-state index contributed by atoms with van der Waals surface area (Å²) in [5, 5.41) is 10.3. The number of nitrogens with one attached hydrogen (secondary N) is 2. The number of aromatic nitrogens is 2. The van der Waals surface area contributed by atoms with Gasteiger partial charge in [0.05, 0.1) is 18.5 Å². The third kappa shape index (κ3) is 3.14. The highest BCUT2D eigenvalue weighted by Crippen LogP contribution is 2.20. The van der Waals surface area contributed by atoms with Crippen molar-refractivity contribution in [2.45, 2.75) is 6.54 Å². The lowest BCUT2D eigenvalue weighted by molar-refractivity contribution is 0.0943. The van der Waals surface area contributed by atoms with E-state index in [2.05, 4.69) is 15.5 Å². The number of rotatable bonds is 4. The van der Waals surface area contributed by atoms with Gasteiger partial charge in [-0.1, -0.05) is 23.7 Å². The molecule has 0 aliphatic rings. The van der Waals surface area contributed by atoms with Gasteiger partial charge in [0.15, 0.2) is 0 Å². The summed E-state index contributed by atoms with van der Waals surface area (Å²) >= 11 is 5.84. The van der Waals surface area contributed by atoms with Crippen LogP contribution in [0.25, 0.3) is 11.3 Å². The first kappa shape index (κ1) is 13.5. The van der Waals surface area contributed by atoms with Crippen LogP contribution in [0.2, 0.25) is 5.02 Å². The molecule has 0 radical (unpaired) electrons. The van der Waals surface area contributed by atoms with Crippen molar-refractivity contribution in [1.29, 1.82) is 0 Å². The average Bonchev–Trinajstić information content (AvgIpc) is 3.17.